The third-order valence-corrected chi connectivity index (χ3v) is 4.01. The molecule has 0 aliphatic carbocycles. The quantitative estimate of drug-likeness (QED) is 0.618. The van der Waals surface area contributed by atoms with Crippen molar-refractivity contribution in [3.63, 3.8) is 0 Å². The smallest absolute Gasteiger partial charge is 0.416 e. The molecule has 2 aromatic carbocycles. The van der Waals surface area contributed by atoms with E-state index in [0.29, 0.717) is 26.1 Å². The number of alkyl halides is 3. The number of halogens is 3. The van der Waals surface area contributed by atoms with Gasteiger partial charge in [-0.15, -0.1) is 0 Å². The van der Waals surface area contributed by atoms with E-state index in [2.05, 4.69) is 5.32 Å². The Hall–Kier alpha value is -2.09. The van der Waals surface area contributed by atoms with Gasteiger partial charge < -0.3 is 19.9 Å². The predicted octanol–water partition coefficient (Wildman–Crippen LogP) is 3.42. The topological polar surface area (TPSA) is 50.7 Å². The van der Waals surface area contributed by atoms with Crippen LogP contribution in [0.5, 0.6) is 5.75 Å². The van der Waals surface area contributed by atoms with Crippen molar-refractivity contribution in [2.24, 2.45) is 0 Å². The van der Waals surface area contributed by atoms with Gasteiger partial charge in [-0.05, 0) is 36.7 Å². The van der Waals surface area contributed by atoms with E-state index in [4.69, 9.17) is 9.47 Å². The van der Waals surface area contributed by atoms with Crippen LogP contribution in [0.4, 0.5) is 13.2 Å². The normalized spacial score (nSPS) is 12.8. The fourth-order valence-corrected chi connectivity index (χ4v) is 2.55. The molecule has 0 saturated heterocycles. The van der Waals surface area contributed by atoms with Crippen molar-refractivity contribution in [2.75, 3.05) is 26.8 Å². The maximum absolute atomic E-state index is 12.5. The van der Waals surface area contributed by atoms with Crippen LogP contribution in [0.15, 0.2) is 48.5 Å². The molecule has 0 saturated carbocycles. The Morgan fingerprint density at radius 2 is 1.78 bits per heavy atom. The second kappa shape index (κ2) is 10.3. The maximum Gasteiger partial charge on any atom is 0.416 e. The minimum atomic E-state index is -4.31. The first-order chi connectivity index (χ1) is 12.9. The molecule has 148 valence electrons. The fourth-order valence-electron chi connectivity index (χ4n) is 2.55. The zero-order chi connectivity index (χ0) is 19.7. The number of rotatable bonds is 10. The average molecular weight is 383 g/mol. The Bertz CT molecular complexity index is 690. The number of benzene rings is 2. The molecule has 1 atom stereocenters. The lowest BCUT2D eigenvalue weighted by molar-refractivity contribution is -0.137. The Morgan fingerprint density at radius 1 is 1.07 bits per heavy atom. The number of hydrogen-bond donors (Lipinski definition) is 2. The van der Waals surface area contributed by atoms with Crippen molar-refractivity contribution in [3.05, 3.63) is 65.2 Å². The van der Waals surface area contributed by atoms with Crippen LogP contribution >= 0.6 is 0 Å². The molecule has 0 fully saturated rings. The molecular weight excluding hydrogens is 359 g/mol. The van der Waals surface area contributed by atoms with E-state index in [-0.39, 0.29) is 6.61 Å². The second-order valence-electron chi connectivity index (χ2n) is 6.13. The summed E-state index contributed by atoms with van der Waals surface area (Å²) in [6, 6.07) is 12.6. The molecule has 0 aliphatic heterocycles. The third-order valence-electron chi connectivity index (χ3n) is 4.01. The zero-order valence-corrected chi connectivity index (χ0v) is 15.1. The third kappa shape index (κ3) is 7.21. The number of methoxy groups -OCH3 is 1. The number of para-hydroxylation sites is 1. The summed E-state index contributed by atoms with van der Waals surface area (Å²) in [7, 11) is 1.59. The Kier molecular flexibility index (Phi) is 8.09. The molecule has 0 heterocycles. The summed E-state index contributed by atoms with van der Waals surface area (Å²) in [4.78, 5) is 0. The van der Waals surface area contributed by atoms with Crippen molar-refractivity contribution in [1.82, 2.24) is 5.32 Å². The summed E-state index contributed by atoms with van der Waals surface area (Å²) in [5.41, 5.74) is 1.06. The largest absolute Gasteiger partial charge is 0.496 e. The van der Waals surface area contributed by atoms with Crippen molar-refractivity contribution in [1.29, 1.82) is 0 Å². The van der Waals surface area contributed by atoms with Crippen molar-refractivity contribution in [3.8, 4) is 5.75 Å². The molecule has 0 spiro atoms. The fraction of sp³-hybridized carbons (Fsp3) is 0.400. The Labute approximate surface area is 156 Å². The summed E-state index contributed by atoms with van der Waals surface area (Å²) in [6.45, 7) is 1.40. The van der Waals surface area contributed by atoms with Crippen LogP contribution < -0.4 is 10.1 Å². The molecule has 0 amide bonds. The van der Waals surface area contributed by atoms with Gasteiger partial charge in [0.15, 0.2) is 0 Å². The van der Waals surface area contributed by atoms with E-state index in [1.54, 1.807) is 7.11 Å². The summed E-state index contributed by atoms with van der Waals surface area (Å²) in [5, 5.41) is 13.0. The Morgan fingerprint density at radius 3 is 2.44 bits per heavy atom. The monoisotopic (exact) mass is 383 g/mol. The van der Waals surface area contributed by atoms with E-state index in [1.807, 2.05) is 24.3 Å². The van der Waals surface area contributed by atoms with E-state index in [1.165, 1.54) is 12.1 Å². The summed E-state index contributed by atoms with van der Waals surface area (Å²) in [5.74, 6) is 0.738. The summed E-state index contributed by atoms with van der Waals surface area (Å²) >= 11 is 0. The molecule has 2 aromatic rings. The minimum Gasteiger partial charge on any atom is -0.496 e. The van der Waals surface area contributed by atoms with E-state index >= 15 is 0 Å². The second-order valence-corrected chi connectivity index (χ2v) is 6.13. The molecule has 0 aromatic heterocycles. The van der Waals surface area contributed by atoms with Crippen LogP contribution in [0.2, 0.25) is 0 Å². The number of nitrogens with one attached hydrogen (secondary N) is 1. The molecule has 0 bridgehead atoms. The van der Waals surface area contributed by atoms with Crippen LogP contribution in [0.1, 0.15) is 16.7 Å². The highest BCUT2D eigenvalue weighted by Gasteiger charge is 2.29. The zero-order valence-electron chi connectivity index (χ0n) is 15.1. The van der Waals surface area contributed by atoms with Gasteiger partial charge >= 0.3 is 6.18 Å². The predicted molar refractivity (Wildman–Crippen MR) is 96.7 cm³/mol. The van der Waals surface area contributed by atoms with Crippen LogP contribution in [0, 0.1) is 0 Å². The summed E-state index contributed by atoms with van der Waals surface area (Å²) < 4.78 is 48.3. The molecule has 0 unspecified atom stereocenters. The first-order valence-electron chi connectivity index (χ1n) is 8.64. The lowest BCUT2D eigenvalue weighted by Gasteiger charge is -2.14. The van der Waals surface area contributed by atoms with Gasteiger partial charge in [-0.2, -0.15) is 13.2 Å². The van der Waals surface area contributed by atoms with Crippen molar-refractivity contribution < 1.29 is 27.8 Å². The molecule has 0 radical (unpaired) electrons. The molecule has 7 heteroatoms. The first kappa shape index (κ1) is 21.2. The molecular formula is C20H24F3NO3. The van der Waals surface area contributed by atoms with Gasteiger partial charge in [0.25, 0.3) is 0 Å². The van der Waals surface area contributed by atoms with Gasteiger partial charge in [0.2, 0.25) is 0 Å². The van der Waals surface area contributed by atoms with Crippen molar-refractivity contribution in [2.45, 2.75) is 25.3 Å². The first-order valence-corrected chi connectivity index (χ1v) is 8.64. The molecule has 4 nitrogen and oxygen atoms in total. The average Bonchev–Trinajstić information content (AvgIpc) is 2.65. The number of ether oxygens (including phenoxy) is 2. The highest BCUT2D eigenvalue weighted by atomic mass is 19.4. The van der Waals surface area contributed by atoms with Crippen LogP contribution in [-0.4, -0.2) is 38.0 Å². The van der Waals surface area contributed by atoms with Gasteiger partial charge in [-0.1, -0.05) is 30.3 Å². The molecule has 2 N–H and O–H groups in total. The lowest BCUT2D eigenvalue weighted by atomic mass is 10.1. The molecule has 27 heavy (non-hydrogen) atoms. The van der Waals surface area contributed by atoms with E-state index in [9.17, 15) is 18.3 Å². The SMILES string of the molecule is COc1ccccc1COC[C@H](O)CNCCc1ccc(C(F)(F)F)cc1. The summed E-state index contributed by atoms with van der Waals surface area (Å²) in [6.07, 6.45) is -4.41. The van der Waals surface area contributed by atoms with Gasteiger partial charge in [0.05, 0.1) is 32.0 Å². The number of aliphatic hydroxyl groups is 1. The maximum atomic E-state index is 12.5. The molecule has 2 rings (SSSR count). The Balaban J connectivity index is 1.62. The van der Waals surface area contributed by atoms with Gasteiger partial charge in [-0.25, -0.2) is 0 Å². The van der Waals surface area contributed by atoms with Crippen LogP contribution in [-0.2, 0) is 23.9 Å². The molecule has 0 aliphatic rings. The lowest BCUT2D eigenvalue weighted by Crippen LogP contribution is -2.31. The van der Waals surface area contributed by atoms with Crippen molar-refractivity contribution >= 4 is 0 Å². The van der Waals surface area contributed by atoms with Crippen LogP contribution in [0.3, 0.4) is 0 Å². The number of hydrogen-bond acceptors (Lipinski definition) is 4. The number of aliphatic hydroxyl groups excluding tert-OH is 1. The van der Waals surface area contributed by atoms with Gasteiger partial charge in [-0.3, -0.25) is 0 Å². The van der Waals surface area contributed by atoms with E-state index < -0.39 is 17.8 Å². The minimum absolute atomic E-state index is 0.172. The highest BCUT2D eigenvalue weighted by Crippen LogP contribution is 2.29. The van der Waals surface area contributed by atoms with Crippen LogP contribution in [0.25, 0.3) is 0 Å². The standard InChI is InChI=1S/C20H24F3NO3/c1-26-19-5-3-2-4-16(19)13-27-14-18(25)12-24-11-10-15-6-8-17(9-7-15)20(21,22)23/h2-9,18,24-25H,10-14H2,1H3/t18-/m1/s1. The van der Waals surface area contributed by atoms with E-state index in [0.717, 1.165) is 29.0 Å². The highest BCUT2D eigenvalue weighted by molar-refractivity contribution is 5.32. The van der Waals surface area contributed by atoms with Gasteiger partial charge in [0, 0.05) is 12.1 Å². The van der Waals surface area contributed by atoms with Gasteiger partial charge in [0.1, 0.15) is 5.75 Å².